The van der Waals surface area contributed by atoms with E-state index < -0.39 is 0 Å². The summed E-state index contributed by atoms with van der Waals surface area (Å²) in [7, 11) is 0. The van der Waals surface area contributed by atoms with Gasteiger partial charge in [0.1, 0.15) is 0 Å². The second-order valence-corrected chi connectivity index (χ2v) is 8.32. The van der Waals surface area contributed by atoms with Gasteiger partial charge in [-0.25, -0.2) is 9.67 Å². The van der Waals surface area contributed by atoms with Gasteiger partial charge in [-0.2, -0.15) is 0 Å². The van der Waals surface area contributed by atoms with Gasteiger partial charge in [0.25, 0.3) is 5.91 Å². The Kier molecular flexibility index (Phi) is 6.00. The second kappa shape index (κ2) is 8.86. The normalized spacial score (nSPS) is 10.8. The van der Waals surface area contributed by atoms with E-state index in [0.717, 1.165) is 39.0 Å². The molecule has 5 nitrogen and oxygen atoms in total. The molecule has 0 saturated heterocycles. The molecule has 0 unspecified atom stereocenters. The van der Waals surface area contributed by atoms with Crippen LogP contribution in [0.3, 0.4) is 0 Å². The van der Waals surface area contributed by atoms with Crippen LogP contribution in [0.1, 0.15) is 34.2 Å². The molecule has 6 heteroatoms. The van der Waals surface area contributed by atoms with Crippen molar-refractivity contribution in [1.82, 2.24) is 14.8 Å². The predicted octanol–water partition coefficient (Wildman–Crippen LogP) is 6.13. The molecular weight excluding hydrogens is 452 g/mol. The summed E-state index contributed by atoms with van der Waals surface area (Å²) < 4.78 is 2.73. The molecule has 31 heavy (non-hydrogen) atoms. The number of amides is 1. The Morgan fingerprint density at radius 1 is 1.00 bits per heavy atom. The number of aromatic nitrogens is 3. The van der Waals surface area contributed by atoms with Crippen LogP contribution in [0, 0.1) is 13.8 Å². The molecular formula is C25H23BrN4O. The predicted molar refractivity (Wildman–Crippen MR) is 128 cm³/mol. The number of hydrogen-bond donors (Lipinski definition) is 1. The van der Waals surface area contributed by atoms with Crippen LogP contribution in [-0.2, 0) is 6.42 Å². The topological polar surface area (TPSA) is 59.8 Å². The van der Waals surface area contributed by atoms with Crippen LogP contribution in [0.4, 0.5) is 5.69 Å². The minimum Gasteiger partial charge on any atom is -0.319 e. The lowest BCUT2D eigenvalue weighted by Crippen LogP contribution is -2.14. The van der Waals surface area contributed by atoms with Gasteiger partial charge in [-0.15, -0.1) is 5.10 Å². The van der Waals surface area contributed by atoms with Gasteiger partial charge < -0.3 is 5.32 Å². The third kappa shape index (κ3) is 4.44. The second-order valence-electron chi connectivity index (χ2n) is 7.40. The summed E-state index contributed by atoms with van der Waals surface area (Å²) in [6, 6.07) is 21.7. The van der Waals surface area contributed by atoms with Crippen LogP contribution in [0.25, 0.3) is 17.1 Å². The molecule has 0 bridgehead atoms. The zero-order valence-electron chi connectivity index (χ0n) is 17.7. The van der Waals surface area contributed by atoms with Gasteiger partial charge in [0.2, 0.25) is 5.82 Å². The van der Waals surface area contributed by atoms with Crippen LogP contribution in [0.2, 0.25) is 0 Å². The van der Waals surface area contributed by atoms with E-state index in [-0.39, 0.29) is 11.7 Å². The molecule has 156 valence electrons. The first-order chi connectivity index (χ1) is 15.0. The van der Waals surface area contributed by atoms with E-state index in [0.29, 0.717) is 5.82 Å². The number of rotatable bonds is 5. The van der Waals surface area contributed by atoms with Gasteiger partial charge >= 0.3 is 0 Å². The summed E-state index contributed by atoms with van der Waals surface area (Å²) in [6.07, 6.45) is 0.951. The molecule has 0 saturated carbocycles. The first-order valence-corrected chi connectivity index (χ1v) is 11.0. The Bertz CT molecular complexity index is 1230. The number of benzene rings is 3. The highest BCUT2D eigenvalue weighted by atomic mass is 79.9. The highest BCUT2D eigenvalue weighted by molar-refractivity contribution is 9.10. The Hall–Kier alpha value is -3.25. The average Bonchev–Trinajstić information content (AvgIpc) is 3.22. The molecule has 0 radical (unpaired) electrons. The van der Waals surface area contributed by atoms with E-state index in [1.165, 1.54) is 5.56 Å². The summed E-state index contributed by atoms with van der Waals surface area (Å²) in [5.74, 6) is 0.401. The van der Waals surface area contributed by atoms with Crippen molar-refractivity contribution in [2.24, 2.45) is 0 Å². The van der Waals surface area contributed by atoms with Crippen LogP contribution in [0.15, 0.2) is 71.2 Å². The van der Waals surface area contributed by atoms with E-state index in [1.54, 1.807) is 4.68 Å². The van der Waals surface area contributed by atoms with E-state index in [1.807, 2.05) is 67.6 Å². The molecule has 0 aliphatic carbocycles. The summed E-state index contributed by atoms with van der Waals surface area (Å²) in [5.41, 5.74) is 5.95. The van der Waals surface area contributed by atoms with Gasteiger partial charge in [0.05, 0.1) is 5.69 Å². The molecule has 0 atom stereocenters. The Morgan fingerprint density at radius 3 is 2.39 bits per heavy atom. The minimum atomic E-state index is -0.341. The number of carbonyl (C=O) groups is 1. The molecule has 3 aromatic carbocycles. The van der Waals surface area contributed by atoms with Crippen molar-refractivity contribution in [3.63, 3.8) is 0 Å². The Balaban J connectivity index is 1.76. The van der Waals surface area contributed by atoms with E-state index >= 15 is 0 Å². The summed E-state index contributed by atoms with van der Waals surface area (Å²) in [4.78, 5) is 17.6. The zero-order chi connectivity index (χ0) is 22.0. The highest BCUT2D eigenvalue weighted by Gasteiger charge is 2.20. The molecule has 1 heterocycles. The lowest BCUT2D eigenvalue weighted by atomic mass is 10.1. The molecule has 4 aromatic rings. The maximum absolute atomic E-state index is 12.9. The van der Waals surface area contributed by atoms with E-state index in [2.05, 4.69) is 51.2 Å². The fourth-order valence-corrected chi connectivity index (χ4v) is 3.60. The first-order valence-electron chi connectivity index (χ1n) is 10.2. The summed E-state index contributed by atoms with van der Waals surface area (Å²) >= 11 is 3.47. The number of aryl methyl sites for hydroxylation is 2. The maximum atomic E-state index is 12.9. The van der Waals surface area contributed by atoms with E-state index in [4.69, 9.17) is 0 Å². The third-order valence-electron chi connectivity index (χ3n) is 5.34. The molecule has 0 spiro atoms. The molecule has 0 fully saturated rings. The standard InChI is InChI=1S/C25H23BrN4O/c1-4-18-8-14-21(15-9-18)27-25(31)23-28-24(19-10-12-20(26)13-11-19)30(29-23)22-7-5-6-16(2)17(22)3/h5-15H,4H2,1-3H3,(H,27,31). The van der Waals surface area contributed by atoms with Crippen molar-refractivity contribution < 1.29 is 4.79 Å². The third-order valence-corrected chi connectivity index (χ3v) is 5.87. The molecule has 0 aliphatic rings. The first kappa shape index (κ1) is 21.0. The minimum absolute atomic E-state index is 0.124. The SMILES string of the molecule is CCc1ccc(NC(=O)c2nc(-c3ccc(Br)cc3)n(-c3cccc(C)c3C)n2)cc1. The number of carbonyl (C=O) groups excluding carboxylic acids is 1. The van der Waals surface area contributed by atoms with Crippen molar-refractivity contribution in [3.05, 3.63) is 93.7 Å². The fourth-order valence-electron chi connectivity index (χ4n) is 3.34. The van der Waals surface area contributed by atoms with Crippen molar-refractivity contribution in [2.75, 3.05) is 5.32 Å². The Labute approximate surface area is 190 Å². The van der Waals surface area contributed by atoms with Crippen molar-refractivity contribution in [1.29, 1.82) is 0 Å². The molecule has 1 amide bonds. The summed E-state index contributed by atoms with van der Waals surface area (Å²) in [6.45, 7) is 6.20. The summed E-state index contributed by atoms with van der Waals surface area (Å²) in [5, 5.41) is 7.50. The number of halogens is 1. The number of nitrogens with zero attached hydrogens (tertiary/aromatic N) is 3. The lowest BCUT2D eigenvalue weighted by Gasteiger charge is -2.11. The molecule has 1 N–H and O–H groups in total. The van der Waals surface area contributed by atoms with Crippen molar-refractivity contribution in [2.45, 2.75) is 27.2 Å². The molecule has 0 aliphatic heterocycles. The fraction of sp³-hybridized carbons (Fsp3) is 0.160. The highest BCUT2D eigenvalue weighted by Crippen LogP contribution is 2.26. The van der Waals surface area contributed by atoms with Gasteiger partial charge in [0.15, 0.2) is 5.82 Å². The van der Waals surface area contributed by atoms with Crippen molar-refractivity contribution >= 4 is 27.5 Å². The van der Waals surface area contributed by atoms with E-state index in [9.17, 15) is 4.79 Å². The molecule has 4 rings (SSSR count). The monoisotopic (exact) mass is 474 g/mol. The zero-order valence-corrected chi connectivity index (χ0v) is 19.3. The Morgan fingerprint density at radius 2 is 1.71 bits per heavy atom. The number of hydrogen-bond acceptors (Lipinski definition) is 3. The van der Waals surface area contributed by atoms with Crippen LogP contribution in [0.5, 0.6) is 0 Å². The number of nitrogens with one attached hydrogen (secondary N) is 1. The van der Waals surface area contributed by atoms with Crippen LogP contribution >= 0.6 is 15.9 Å². The van der Waals surface area contributed by atoms with Crippen LogP contribution in [-0.4, -0.2) is 20.7 Å². The lowest BCUT2D eigenvalue weighted by molar-refractivity contribution is 0.101. The smallest absolute Gasteiger partial charge is 0.295 e. The number of anilines is 1. The average molecular weight is 475 g/mol. The maximum Gasteiger partial charge on any atom is 0.295 e. The van der Waals surface area contributed by atoms with Crippen molar-refractivity contribution in [3.8, 4) is 17.1 Å². The largest absolute Gasteiger partial charge is 0.319 e. The van der Waals surface area contributed by atoms with Gasteiger partial charge in [0, 0.05) is 15.7 Å². The molecule has 1 aromatic heterocycles. The van der Waals surface area contributed by atoms with Crippen LogP contribution < -0.4 is 5.32 Å². The van der Waals surface area contributed by atoms with Gasteiger partial charge in [-0.1, -0.05) is 59.3 Å². The quantitative estimate of drug-likeness (QED) is 0.378. The van der Waals surface area contributed by atoms with Gasteiger partial charge in [-0.3, -0.25) is 4.79 Å². The van der Waals surface area contributed by atoms with Gasteiger partial charge in [-0.05, 0) is 67.3 Å².